The fourth-order valence-electron chi connectivity index (χ4n) is 4.34. The van der Waals surface area contributed by atoms with Gasteiger partial charge in [0.2, 0.25) is 0 Å². The molecule has 3 aromatic rings. The number of rotatable bonds is 6. The van der Waals surface area contributed by atoms with Gasteiger partial charge in [0.05, 0.1) is 6.61 Å². The van der Waals surface area contributed by atoms with E-state index in [1.54, 1.807) is 0 Å². The second-order valence-corrected chi connectivity index (χ2v) is 9.06. The van der Waals surface area contributed by atoms with Crippen molar-refractivity contribution in [3.05, 3.63) is 46.2 Å². The number of aryl methyl sites for hydroxylation is 4. The minimum absolute atomic E-state index is 0.580. The Kier molecular flexibility index (Phi) is 5.13. The summed E-state index contributed by atoms with van der Waals surface area (Å²) in [6.45, 7) is 9.31. The summed E-state index contributed by atoms with van der Waals surface area (Å²) in [5.74, 6) is 2.44. The van der Waals surface area contributed by atoms with Crippen LogP contribution in [-0.2, 0) is 7.05 Å². The highest BCUT2D eigenvalue weighted by Crippen LogP contribution is 2.39. The van der Waals surface area contributed by atoms with Gasteiger partial charge in [0, 0.05) is 35.6 Å². The van der Waals surface area contributed by atoms with Crippen LogP contribution in [0.1, 0.15) is 43.0 Å². The second-order valence-electron chi connectivity index (χ2n) is 8.62. The minimum atomic E-state index is 0.580. The molecule has 0 aliphatic heterocycles. The van der Waals surface area contributed by atoms with Crippen molar-refractivity contribution in [3.63, 3.8) is 0 Å². The summed E-state index contributed by atoms with van der Waals surface area (Å²) < 4.78 is 8.46. The third-order valence-corrected chi connectivity index (χ3v) is 5.96. The Bertz CT molecular complexity index is 1010. The third kappa shape index (κ3) is 3.77. The van der Waals surface area contributed by atoms with Crippen molar-refractivity contribution in [2.24, 2.45) is 18.9 Å². The molecule has 1 atom stereocenters. The van der Waals surface area contributed by atoms with Gasteiger partial charge in [0.1, 0.15) is 16.8 Å². The van der Waals surface area contributed by atoms with Crippen molar-refractivity contribution in [1.82, 2.24) is 9.55 Å². The molecule has 2 aromatic heterocycles. The number of pyridine rings is 1. The van der Waals surface area contributed by atoms with E-state index in [-0.39, 0.29) is 0 Å². The van der Waals surface area contributed by atoms with Crippen molar-refractivity contribution < 1.29 is 4.74 Å². The average Bonchev–Trinajstić information content (AvgIpc) is 3.35. The van der Waals surface area contributed by atoms with Gasteiger partial charge in [0.15, 0.2) is 0 Å². The SMILES string of the molecule is Cc1cc(OCC(C)CC2CC2)c2c(n1)c(-c1c(C)cc(Cl)cc1C)cn2C. The highest BCUT2D eigenvalue weighted by molar-refractivity contribution is 6.30. The van der Waals surface area contributed by atoms with Crippen molar-refractivity contribution >= 4 is 22.6 Å². The molecular weight excluding hydrogens is 368 g/mol. The Morgan fingerprint density at radius 2 is 1.86 bits per heavy atom. The highest BCUT2D eigenvalue weighted by atomic mass is 35.5. The van der Waals surface area contributed by atoms with Crippen LogP contribution >= 0.6 is 11.6 Å². The molecule has 28 heavy (non-hydrogen) atoms. The standard InChI is InChI=1S/C24H29ClN2O/c1-14(8-18-6-7-18)13-28-21-11-17(4)26-23-20(12-27(5)24(21)23)22-15(2)9-19(25)10-16(22)3/h9-12,14,18H,6-8,13H2,1-5H3. The fraction of sp³-hybridized carbons (Fsp3) is 0.458. The summed E-state index contributed by atoms with van der Waals surface area (Å²) in [5, 5.41) is 0.775. The number of fused-ring (bicyclic) bond motifs is 1. The smallest absolute Gasteiger partial charge is 0.146 e. The van der Waals surface area contributed by atoms with Crippen LogP contribution in [0.25, 0.3) is 22.2 Å². The number of halogens is 1. The van der Waals surface area contributed by atoms with Crippen LogP contribution in [0, 0.1) is 32.6 Å². The van der Waals surface area contributed by atoms with Crippen LogP contribution in [0.5, 0.6) is 5.75 Å². The van der Waals surface area contributed by atoms with Gasteiger partial charge < -0.3 is 9.30 Å². The van der Waals surface area contributed by atoms with Gasteiger partial charge in [-0.3, -0.25) is 4.98 Å². The summed E-state index contributed by atoms with van der Waals surface area (Å²) in [7, 11) is 2.07. The molecule has 1 aliphatic carbocycles. The maximum Gasteiger partial charge on any atom is 0.146 e. The zero-order chi connectivity index (χ0) is 20.0. The number of benzene rings is 1. The maximum absolute atomic E-state index is 6.32. The number of hydrogen-bond acceptors (Lipinski definition) is 2. The first-order chi connectivity index (χ1) is 13.3. The van der Waals surface area contributed by atoms with E-state index < -0.39 is 0 Å². The van der Waals surface area contributed by atoms with Crippen LogP contribution in [0.15, 0.2) is 24.4 Å². The molecule has 1 unspecified atom stereocenters. The summed E-state index contributed by atoms with van der Waals surface area (Å²) >= 11 is 6.25. The Hall–Kier alpha value is -2.00. The Morgan fingerprint density at radius 1 is 1.18 bits per heavy atom. The number of aromatic nitrogens is 2. The predicted octanol–water partition coefficient (Wildman–Crippen LogP) is 6.63. The molecule has 2 heterocycles. The van der Waals surface area contributed by atoms with E-state index in [2.05, 4.69) is 44.6 Å². The van der Waals surface area contributed by atoms with Crippen molar-refractivity contribution in [2.45, 2.75) is 47.0 Å². The van der Waals surface area contributed by atoms with Crippen LogP contribution < -0.4 is 4.74 Å². The Labute approximate surface area is 172 Å². The van der Waals surface area contributed by atoms with Gasteiger partial charge in [-0.1, -0.05) is 31.4 Å². The molecule has 0 bridgehead atoms. The fourth-order valence-corrected chi connectivity index (χ4v) is 4.66. The second kappa shape index (κ2) is 7.44. The maximum atomic E-state index is 6.32. The van der Waals surface area contributed by atoms with Gasteiger partial charge in [-0.15, -0.1) is 0 Å². The van der Waals surface area contributed by atoms with Gasteiger partial charge in [-0.2, -0.15) is 0 Å². The minimum Gasteiger partial charge on any atom is -0.491 e. The molecule has 0 amide bonds. The van der Waals surface area contributed by atoms with Crippen LogP contribution in [0.4, 0.5) is 0 Å². The highest BCUT2D eigenvalue weighted by Gasteiger charge is 2.24. The lowest BCUT2D eigenvalue weighted by Gasteiger charge is -2.15. The first kappa shape index (κ1) is 19.3. The predicted molar refractivity (Wildman–Crippen MR) is 117 cm³/mol. The molecule has 1 saturated carbocycles. The van der Waals surface area contributed by atoms with Crippen LogP contribution in [0.2, 0.25) is 5.02 Å². The normalized spacial score (nSPS) is 15.2. The molecule has 3 nitrogen and oxygen atoms in total. The van der Waals surface area contributed by atoms with E-state index in [1.807, 2.05) is 19.1 Å². The zero-order valence-electron chi connectivity index (χ0n) is 17.5. The van der Waals surface area contributed by atoms with E-state index in [0.717, 1.165) is 45.6 Å². The first-order valence-electron chi connectivity index (χ1n) is 10.2. The topological polar surface area (TPSA) is 27.1 Å². The molecule has 1 fully saturated rings. The zero-order valence-corrected chi connectivity index (χ0v) is 18.2. The number of hydrogen-bond donors (Lipinski definition) is 0. The van der Waals surface area contributed by atoms with Crippen LogP contribution in [-0.4, -0.2) is 16.2 Å². The summed E-state index contributed by atoms with van der Waals surface area (Å²) in [6, 6.07) is 6.11. The Morgan fingerprint density at radius 3 is 2.50 bits per heavy atom. The van der Waals surface area contributed by atoms with E-state index in [9.17, 15) is 0 Å². The largest absolute Gasteiger partial charge is 0.491 e. The summed E-state index contributed by atoms with van der Waals surface area (Å²) in [6.07, 6.45) is 6.23. The van der Waals surface area contributed by atoms with E-state index in [1.165, 1.54) is 36.0 Å². The molecule has 1 aliphatic rings. The number of ether oxygens (including phenoxy) is 1. The third-order valence-electron chi connectivity index (χ3n) is 5.74. The van der Waals surface area contributed by atoms with Crippen molar-refractivity contribution in [1.29, 1.82) is 0 Å². The molecule has 148 valence electrons. The molecule has 0 saturated heterocycles. The van der Waals surface area contributed by atoms with E-state index in [0.29, 0.717) is 5.92 Å². The van der Waals surface area contributed by atoms with Crippen molar-refractivity contribution in [2.75, 3.05) is 6.61 Å². The van der Waals surface area contributed by atoms with Crippen LogP contribution in [0.3, 0.4) is 0 Å². The monoisotopic (exact) mass is 396 g/mol. The quantitative estimate of drug-likeness (QED) is 0.467. The van der Waals surface area contributed by atoms with Gasteiger partial charge in [-0.05, 0) is 67.9 Å². The molecule has 1 aromatic carbocycles. The van der Waals surface area contributed by atoms with Gasteiger partial charge in [0.25, 0.3) is 0 Å². The summed E-state index contributed by atoms with van der Waals surface area (Å²) in [4.78, 5) is 4.89. The first-order valence-corrected chi connectivity index (χ1v) is 10.6. The molecule has 4 heteroatoms. The number of nitrogens with zero attached hydrogens (tertiary/aromatic N) is 2. The molecule has 0 spiro atoms. The molecular formula is C24H29ClN2O. The molecule has 0 radical (unpaired) electrons. The molecule has 0 N–H and O–H groups in total. The lowest BCUT2D eigenvalue weighted by molar-refractivity contribution is 0.248. The lowest BCUT2D eigenvalue weighted by atomic mass is 9.97. The Balaban J connectivity index is 1.75. The van der Waals surface area contributed by atoms with E-state index >= 15 is 0 Å². The lowest BCUT2D eigenvalue weighted by Crippen LogP contribution is -2.10. The summed E-state index contributed by atoms with van der Waals surface area (Å²) in [5.41, 5.74) is 7.73. The van der Waals surface area contributed by atoms with Crippen molar-refractivity contribution in [3.8, 4) is 16.9 Å². The molecule has 4 rings (SSSR count). The van der Waals surface area contributed by atoms with Gasteiger partial charge in [-0.25, -0.2) is 0 Å². The van der Waals surface area contributed by atoms with Gasteiger partial charge >= 0.3 is 0 Å². The average molecular weight is 397 g/mol. The van der Waals surface area contributed by atoms with E-state index in [4.69, 9.17) is 21.3 Å².